The Morgan fingerprint density at radius 3 is 1.59 bits per heavy atom. The van der Waals surface area contributed by atoms with Gasteiger partial charge in [-0.25, -0.2) is 9.59 Å². The van der Waals surface area contributed by atoms with Crippen molar-refractivity contribution in [1.29, 1.82) is 0 Å². The van der Waals surface area contributed by atoms with Crippen molar-refractivity contribution >= 4 is 52.0 Å². The summed E-state index contributed by atoms with van der Waals surface area (Å²) in [6, 6.07) is 22.2. The second-order valence-electron chi connectivity index (χ2n) is 7.34. The molecule has 7 nitrogen and oxygen atoms in total. The van der Waals surface area contributed by atoms with Gasteiger partial charge < -0.3 is 21.1 Å². The molecule has 0 unspecified atom stereocenters. The van der Waals surface area contributed by atoms with Crippen LogP contribution in [0.5, 0.6) is 0 Å². The van der Waals surface area contributed by atoms with Crippen LogP contribution in [0.2, 0.25) is 0 Å². The number of thiocarbonyl (C=S) groups is 2. The van der Waals surface area contributed by atoms with E-state index in [1.165, 1.54) is 12.1 Å². The predicted molar refractivity (Wildman–Crippen MR) is 145 cm³/mol. The van der Waals surface area contributed by atoms with Gasteiger partial charge in [-0.05, 0) is 35.4 Å². The molecule has 0 spiro atoms. The van der Waals surface area contributed by atoms with Gasteiger partial charge in [-0.1, -0.05) is 79.0 Å². The van der Waals surface area contributed by atoms with Crippen LogP contribution in [-0.2, 0) is 12.8 Å². The Kier molecular flexibility index (Phi) is 17.1. The van der Waals surface area contributed by atoms with E-state index in [2.05, 4.69) is 0 Å². The van der Waals surface area contributed by atoms with Crippen molar-refractivity contribution in [3.63, 3.8) is 0 Å². The first-order valence-electron chi connectivity index (χ1n) is 10.6. The number of hydrogen-bond acceptors (Lipinski definition) is 6. The second-order valence-corrected chi connectivity index (χ2v) is 8.44. The molecule has 0 radical (unpaired) electrons. The number of rotatable bonds is 9. The third-order valence-corrected chi connectivity index (χ3v) is 5.01. The van der Waals surface area contributed by atoms with E-state index in [0.717, 1.165) is 18.2 Å². The summed E-state index contributed by atoms with van der Waals surface area (Å²) in [4.78, 5) is 34.5. The summed E-state index contributed by atoms with van der Waals surface area (Å²) in [6.07, 6.45) is 1.06. The monoisotopic (exact) mass is 547 g/mol. The quantitative estimate of drug-likeness (QED) is 0.201. The van der Waals surface area contributed by atoms with Crippen molar-refractivity contribution in [2.45, 2.75) is 19.3 Å². The number of carboxylic acids is 2. The number of carbonyl (C=O) groups is 3. The van der Waals surface area contributed by atoms with Crippen LogP contribution in [0.1, 0.15) is 48.6 Å². The van der Waals surface area contributed by atoms with E-state index in [-0.39, 0.29) is 52.9 Å². The molecule has 0 saturated heterocycles. The maximum Gasteiger partial charge on any atom is 1.00 e. The van der Waals surface area contributed by atoms with Crippen LogP contribution in [0.25, 0.3) is 0 Å². The molecule has 188 valence electrons. The van der Waals surface area contributed by atoms with Crippen molar-refractivity contribution < 1.29 is 59.3 Å². The number of hydrogen-bond donors (Lipinski definition) is 3. The van der Waals surface area contributed by atoms with Crippen molar-refractivity contribution in [2.24, 2.45) is 5.73 Å². The zero-order chi connectivity index (χ0) is 27.1. The first-order valence-corrected chi connectivity index (χ1v) is 11.4. The maximum atomic E-state index is 12.0. The largest absolute Gasteiger partial charge is 1.00 e. The van der Waals surface area contributed by atoms with Gasteiger partial charge in [-0.2, -0.15) is 7.11 Å². The second kappa shape index (κ2) is 18.5. The third-order valence-electron chi connectivity index (χ3n) is 4.58. The summed E-state index contributed by atoms with van der Waals surface area (Å²) in [7, 11) is 0.750. The van der Waals surface area contributed by atoms with Crippen molar-refractivity contribution in [3.8, 4) is 0 Å². The van der Waals surface area contributed by atoms with Crippen molar-refractivity contribution in [3.05, 3.63) is 107 Å². The van der Waals surface area contributed by atoms with Gasteiger partial charge in [0.2, 0.25) is 0 Å². The molecule has 0 bridgehead atoms. The van der Waals surface area contributed by atoms with Gasteiger partial charge in [0.1, 0.15) is 0 Å². The van der Waals surface area contributed by atoms with Gasteiger partial charge in [-0.3, -0.25) is 4.79 Å². The number of nitrogens with two attached hydrogens (primary N) is 1. The van der Waals surface area contributed by atoms with E-state index < -0.39 is 11.9 Å². The van der Waals surface area contributed by atoms with Crippen LogP contribution in [0, 0.1) is 0 Å². The zero-order valence-electron chi connectivity index (χ0n) is 20.5. The Hall–Kier alpha value is -2.79. The minimum absolute atomic E-state index is 0. The SMILES string of the molecule is C[O-].NC(=S)Cc1cccc(C(=O)O)c1.O=C(O)c1cccc(CC(=S)CC(=O)c2ccccc2)c1.[Na+]. The van der Waals surface area contributed by atoms with E-state index in [9.17, 15) is 14.4 Å². The first kappa shape index (κ1) is 34.2. The minimum Gasteiger partial charge on any atom is -0.857 e. The van der Waals surface area contributed by atoms with Gasteiger partial charge in [0.25, 0.3) is 0 Å². The summed E-state index contributed by atoms with van der Waals surface area (Å²) in [5, 5.41) is 25.9. The first-order chi connectivity index (χ1) is 17.2. The zero-order valence-corrected chi connectivity index (χ0v) is 24.2. The average Bonchev–Trinajstić information content (AvgIpc) is 2.86. The van der Waals surface area contributed by atoms with Gasteiger partial charge >= 0.3 is 41.5 Å². The summed E-state index contributed by atoms with van der Waals surface area (Å²) in [5.74, 6) is -1.93. The molecule has 0 saturated carbocycles. The molecule has 3 aromatic rings. The van der Waals surface area contributed by atoms with Crippen LogP contribution in [0.3, 0.4) is 0 Å². The van der Waals surface area contributed by atoms with Crippen molar-refractivity contribution in [2.75, 3.05) is 7.11 Å². The Bertz CT molecular complexity index is 1220. The number of carboxylic acid groups (broad SMARTS) is 2. The molecule has 0 fully saturated rings. The normalized spacial score (nSPS) is 9.24. The summed E-state index contributed by atoms with van der Waals surface area (Å²) in [6.45, 7) is 0. The molecule has 0 aliphatic heterocycles. The fourth-order valence-electron chi connectivity index (χ4n) is 3.03. The molecular weight excluding hydrogens is 521 g/mol. The molecule has 0 heterocycles. The van der Waals surface area contributed by atoms with E-state index in [1.54, 1.807) is 42.5 Å². The Morgan fingerprint density at radius 1 is 0.730 bits per heavy atom. The summed E-state index contributed by atoms with van der Waals surface area (Å²) >= 11 is 9.97. The molecule has 3 rings (SSSR count). The van der Waals surface area contributed by atoms with Gasteiger partial charge in [0.05, 0.1) is 16.1 Å². The molecule has 0 aromatic heterocycles. The molecule has 3 aromatic carbocycles. The third kappa shape index (κ3) is 13.4. The Balaban J connectivity index is 0.000000700. The molecule has 0 amide bonds. The van der Waals surface area contributed by atoms with E-state index >= 15 is 0 Å². The van der Waals surface area contributed by atoms with Gasteiger partial charge in [0, 0.05) is 29.7 Å². The Labute approximate surface area is 248 Å². The van der Waals surface area contributed by atoms with Gasteiger partial charge in [0.15, 0.2) is 5.78 Å². The van der Waals surface area contributed by atoms with Crippen LogP contribution in [0.4, 0.5) is 0 Å². The molecule has 4 N–H and O–H groups in total. The average molecular weight is 548 g/mol. The number of Topliss-reactive ketones (excluding diaryl/α,β-unsaturated/α-hetero) is 1. The number of aromatic carboxylic acids is 2. The number of benzene rings is 3. The summed E-state index contributed by atoms with van der Waals surface area (Å²) < 4.78 is 0. The molecular formula is C27H26NNaO6S2. The standard InChI is InChI=1S/C17H14O3S.C9H9NO2S.CH3O.Na/c18-16(13-6-2-1-3-7-13)11-15(21)10-12-5-4-8-14(9-12)17(19)20;10-8(13)5-6-2-1-3-7(4-6)9(11)12;1-2;/h1-9H,10-11H2,(H,19,20);1-4H,5H2,(H2,10,13)(H,11,12);1H3;/q;;-1;+1. The predicted octanol–water partition coefficient (Wildman–Crippen LogP) is 0.764. The minimum atomic E-state index is -0.969. The molecule has 0 atom stereocenters. The van der Waals surface area contributed by atoms with Crippen LogP contribution in [-0.4, -0.2) is 44.9 Å². The van der Waals surface area contributed by atoms with Crippen molar-refractivity contribution in [1.82, 2.24) is 0 Å². The van der Waals surface area contributed by atoms with E-state index in [0.29, 0.717) is 28.3 Å². The molecule has 37 heavy (non-hydrogen) atoms. The van der Waals surface area contributed by atoms with Crippen LogP contribution in [0.15, 0.2) is 78.9 Å². The van der Waals surface area contributed by atoms with E-state index in [1.807, 2.05) is 24.3 Å². The van der Waals surface area contributed by atoms with Gasteiger partial charge in [-0.15, -0.1) is 0 Å². The molecule has 0 aliphatic rings. The summed E-state index contributed by atoms with van der Waals surface area (Å²) in [5.41, 5.74) is 8.09. The fraction of sp³-hybridized carbons (Fsp3) is 0.148. The maximum absolute atomic E-state index is 12.0. The molecule has 0 aliphatic carbocycles. The number of ketones is 1. The molecule has 10 heteroatoms. The Morgan fingerprint density at radius 2 is 1.16 bits per heavy atom. The van der Waals surface area contributed by atoms with Crippen LogP contribution < -0.4 is 40.4 Å². The number of carbonyl (C=O) groups excluding carboxylic acids is 1. The smallest absolute Gasteiger partial charge is 0.857 e. The van der Waals surface area contributed by atoms with Crippen LogP contribution >= 0.6 is 24.4 Å². The fourth-order valence-corrected chi connectivity index (χ4v) is 3.49. The topological polar surface area (TPSA) is 141 Å². The van der Waals surface area contributed by atoms with E-state index in [4.69, 9.17) is 45.5 Å².